The van der Waals surface area contributed by atoms with Crippen molar-refractivity contribution in [1.82, 2.24) is 9.97 Å². The number of hydrogen-bond acceptors (Lipinski definition) is 2. The summed E-state index contributed by atoms with van der Waals surface area (Å²) in [4.78, 5) is 9.22. The van der Waals surface area contributed by atoms with E-state index < -0.39 is 0 Å². The molecule has 0 aliphatic heterocycles. The molecule has 1 aliphatic carbocycles. The van der Waals surface area contributed by atoms with Crippen LogP contribution >= 0.6 is 34.2 Å². The van der Waals surface area contributed by atoms with Gasteiger partial charge in [0, 0.05) is 11.0 Å². The molecular formula is C17H18ClIN2. The first-order valence-electron chi connectivity index (χ1n) is 7.20. The fourth-order valence-electron chi connectivity index (χ4n) is 2.37. The van der Waals surface area contributed by atoms with Crippen molar-refractivity contribution in [1.29, 1.82) is 0 Å². The fraction of sp³-hybridized carbons (Fsp3) is 0.412. The molecule has 0 saturated heterocycles. The number of aromatic nitrogens is 2. The van der Waals surface area contributed by atoms with Gasteiger partial charge in [-0.2, -0.15) is 0 Å². The largest absolute Gasteiger partial charge is 0.231 e. The zero-order valence-corrected chi connectivity index (χ0v) is 15.4. The van der Waals surface area contributed by atoms with Crippen molar-refractivity contribution in [3.05, 3.63) is 44.2 Å². The second kappa shape index (κ2) is 5.51. The molecule has 1 heterocycles. The molecule has 1 aliphatic rings. The average molecular weight is 413 g/mol. The van der Waals surface area contributed by atoms with Gasteiger partial charge in [-0.05, 0) is 46.9 Å². The van der Waals surface area contributed by atoms with Crippen LogP contribution in [0.1, 0.15) is 50.8 Å². The molecule has 21 heavy (non-hydrogen) atoms. The van der Waals surface area contributed by atoms with Crippen molar-refractivity contribution in [2.75, 3.05) is 0 Å². The van der Waals surface area contributed by atoms with E-state index in [-0.39, 0.29) is 5.41 Å². The molecule has 1 aromatic carbocycles. The third-order valence-electron chi connectivity index (χ3n) is 3.74. The van der Waals surface area contributed by atoms with Crippen LogP contribution < -0.4 is 0 Å². The molecule has 2 nitrogen and oxygen atoms in total. The van der Waals surface area contributed by atoms with Gasteiger partial charge in [0.1, 0.15) is 5.15 Å². The second-order valence-corrected chi connectivity index (χ2v) is 8.08. The zero-order valence-electron chi connectivity index (χ0n) is 12.5. The lowest BCUT2D eigenvalue weighted by atomic mass is 9.92. The Morgan fingerprint density at radius 3 is 2.24 bits per heavy atom. The maximum absolute atomic E-state index is 6.31. The summed E-state index contributed by atoms with van der Waals surface area (Å²) < 4.78 is 0.945. The maximum atomic E-state index is 6.31. The Bertz CT molecular complexity index is 670. The van der Waals surface area contributed by atoms with Crippen molar-refractivity contribution in [3.63, 3.8) is 0 Å². The van der Waals surface area contributed by atoms with Gasteiger partial charge in [0.05, 0.1) is 9.26 Å². The zero-order chi connectivity index (χ0) is 15.2. The van der Waals surface area contributed by atoms with Crippen LogP contribution in [0.4, 0.5) is 0 Å². The van der Waals surface area contributed by atoms with Crippen LogP contribution in [-0.2, 0) is 5.41 Å². The number of rotatable bonds is 2. The topological polar surface area (TPSA) is 25.8 Å². The summed E-state index contributed by atoms with van der Waals surface area (Å²) in [6.07, 6.45) is 2.64. The predicted octanol–water partition coefficient (Wildman–Crippen LogP) is 5.58. The minimum Gasteiger partial charge on any atom is -0.231 e. The summed E-state index contributed by atoms with van der Waals surface area (Å²) in [6, 6.07) is 8.61. The minimum atomic E-state index is -0.0498. The number of halogens is 2. The molecule has 1 saturated carbocycles. The predicted molar refractivity (Wildman–Crippen MR) is 95.9 cm³/mol. The monoisotopic (exact) mass is 412 g/mol. The summed E-state index contributed by atoms with van der Waals surface area (Å²) >= 11 is 8.54. The molecule has 2 aromatic rings. The minimum absolute atomic E-state index is 0.0498. The van der Waals surface area contributed by atoms with E-state index in [2.05, 4.69) is 72.6 Å². The van der Waals surface area contributed by atoms with Gasteiger partial charge in [0.25, 0.3) is 0 Å². The highest BCUT2D eigenvalue weighted by atomic mass is 127. The molecule has 0 radical (unpaired) electrons. The van der Waals surface area contributed by atoms with E-state index in [4.69, 9.17) is 16.6 Å². The molecule has 3 rings (SSSR count). The standard InChI is InChI=1S/C17H18ClIN2/c1-17(2,3)14-13(19)15(18)21-16(20-14)12-8-6-11(7-9-12)10-4-5-10/h6-10H,4-5H2,1-3H3. The highest BCUT2D eigenvalue weighted by Gasteiger charge is 2.24. The molecule has 0 unspecified atom stereocenters. The van der Waals surface area contributed by atoms with Crippen molar-refractivity contribution in [2.24, 2.45) is 0 Å². The first-order valence-corrected chi connectivity index (χ1v) is 8.66. The molecule has 0 N–H and O–H groups in total. The maximum Gasteiger partial charge on any atom is 0.161 e. The SMILES string of the molecule is CC(C)(C)c1nc(-c2ccc(C3CC3)cc2)nc(Cl)c1I. The van der Waals surface area contributed by atoms with Crippen LogP contribution in [0.15, 0.2) is 24.3 Å². The van der Waals surface area contributed by atoms with Crippen LogP contribution in [0.25, 0.3) is 11.4 Å². The molecule has 0 atom stereocenters. The summed E-state index contributed by atoms with van der Waals surface area (Å²) in [5.74, 6) is 1.48. The Morgan fingerprint density at radius 1 is 1.10 bits per heavy atom. The van der Waals surface area contributed by atoms with E-state index in [0.29, 0.717) is 11.0 Å². The smallest absolute Gasteiger partial charge is 0.161 e. The van der Waals surface area contributed by atoms with E-state index in [1.165, 1.54) is 18.4 Å². The Morgan fingerprint density at radius 2 is 1.71 bits per heavy atom. The van der Waals surface area contributed by atoms with Crippen molar-refractivity contribution in [2.45, 2.75) is 44.9 Å². The molecule has 0 amide bonds. The van der Waals surface area contributed by atoms with Crippen LogP contribution in [0.5, 0.6) is 0 Å². The van der Waals surface area contributed by atoms with E-state index in [1.54, 1.807) is 0 Å². The number of nitrogens with zero attached hydrogens (tertiary/aromatic N) is 2. The van der Waals surface area contributed by atoms with E-state index in [1.807, 2.05) is 0 Å². The summed E-state index contributed by atoms with van der Waals surface area (Å²) in [5.41, 5.74) is 3.41. The Balaban J connectivity index is 2.03. The summed E-state index contributed by atoms with van der Waals surface area (Å²) in [7, 11) is 0. The molecule has 0 spiro atoms. The van der Waals surface area contributed by atoms with Gasteiger partial charge in [-0.3, -0.25) is 0 Å². The van der Waals surface area contributed by atoms with Crippen LogP contribution in [-0.4, -0.2) is 9.97 Å². The van der Waals surface area contributed by atoms with Gasteiger partial charge in [-0.15, -0.1) is 0 Å². The van der Waals surface area contributed by atoms with Crippen molar-refractivity contribution < 1.29 is 0 Å². The van der Waals surface area contributed by atoms with Gasteiger partial charge >= 0.3 is 0 Å². The van der Waals surface area contributed by atoms with Gasteiger partial charge in [0.2, 0.25) is 0 Å². The Kier molecular flexibility index (Phi) is 3.99. The summed E-state index contributed by atoms with van der Waals surface area (Å²) in [6.45, 7) is 6.44. The van der Waals surface area contributed by atoms with Crippen molar-refractivity contribution in [3.8, 4) is 11.4 Å². The molecule has 1 fully saturated rings. The molecule has 4 heteroatoms. The lowest BCUT2D eigenvalue weighted by molar-refractivity contribution is 0.563. The quantitative estimate of drug-likeness (QED) is 0.475. The highest BCUT2D eigenvalue weighted by molar-refractivity contribution is 14.1. The van der Waals surface area contributed by atoms with Crippen LogP contribution in [0.3, 0.4) is 0 Å². The third-order valence-corrected chi connectivity index (χ3v) is 5.35. The van der Waals surface area contributed by atoms with Gasteiger partial charge in [-0.25, -0.2) is 9.97 Å². The second-order valence-electron chi connectivity index (χ2n) is 6.65. The highest BCUT2D eigenvalue weighted by Crippen LogP contribution is 2.40. The lowest BCUT2D eigenvalue weighted by Gasteiger charge is -2.20. The molecule has 0 bridgehead atoms. The van der Waals surface area contributed by atoms with E-state index in [0.717, 1.165) is 20.7 Å². The first kappa shape index (κ1) is 15.2. The van der Waals surface area contributed by atoms with Crippen LogP contribution in [0, 0.1) is 3.57 Å². The van der Waals surface area contributed by atoms with E-state index >= 15 is 0 Å². The van der Waals surface area contributed by atoms with Gasteiger partial charge in [-0.1, -0.05) is 56.6 Å². The average Bonchev–Trinajstić information content (AvgIpc) is 3.25. The van der Waals surface area contributed by atoms with Gasteiger partial charge < -0.3 is 0 Å². The molecular weight excluding hydrogens is 395 g/mol. The van der Waals surface area contributed by atoms with Crippen LogP contribution in [0.2, 0.25) is 5.15 Å². The molecule has 110 valence electrons. The third kappa shape index (κ3) is 3.24. The normalized spacial score (nSPS) is 15.3. The number of hydrogen-bond donors (Lipinski definition) is 0. The lowest BCUT2D eigenvalue weighted by Crippen LogP contribution is -2.17. The van der Waals surface area contributed by atoms with Crippen molar-refractivity contribution >= 4 is 34.2 Å². The first-order chi connectivity index (χ1) is 9.86. The Labute approximate surface area is 144 Å². The fourth-order valence-corrected chi connectivity index (χ4v) is 3.59. The van der Waals surface area contributed by atoms with E-state index in [9.17, 15) is 0 Å². The summed E-state index contributed by atoms with van der Waals surface area (Å²) in [5, 5.41) is 0.539. The Hall–Kier alpha value is -0.680. The van der Waals surface area contributed by atoms with Gasteiger partial charge in [0.15, 0.2) is 5.82 Å². The number of benzene rings is 1. The molecule has 1 aromatic heterocycles.